The average molecular weight is 536 g/mol. The number of benzene rings is 3. The number of para-hydroxylation sites is 2. The van der Waals surface area contributed by atoms with Gasteiger partial charge in [0.15, 0.2) is 0 Å². The van der Waals surface area contributed by atoms with Crippen LogP contribution in [0, 0.1) is 0 Å². The smallest absolute Gasteiger partial charge is 0.255 e. The first-order chi connectivity index (χ1) is 17.9. The van der Waals surface area contributed by atoms with Crippen LogP contribution in [0.5, 0.6) is 11.5 Å². The number of carbonyl (C=O) groups excluding carboxylic acids is 1. The summed E-state index contributed by atoms with van der Waals surface area (Å²) in [6, 6.07) is 19.5. The van der Waals surface area contributed by atoms with Crippen molar-refractivity contribution in [1.29, 1.82) is 0 Å². The van der Waals surface area contributed by atoms with Gasteiger partial charge in [-0.2, -0.15) is 10.1 Å². The lowest BCUT2D eigenvalue weighted by atomic mass is 9.94. The lowest BCUT2D eigenvalue weighted by Crippen LogP contribution is -2.31. The van der Waals surface area contributed by atoms with Gasteiger partial charge in [0.2, 0.25) is 5.95 Å². The molecule has 0 saturated heterocycles. The minimum atomic E-state index is -0.545. The summed E-state index contributed by atoms with van der Waals surface area (Å²) in [5.41, 5.74) is 3.33. The Hall–Kier alpha value is -4.01. The van der Waals surface area contributed by atoms with Crippen molar-refractivity contribution >= 4 is 40.7 Å². The van der Waals surface area contributed by atoms with E-state index in [1.807, 2.05) is 49.4 Å². The summed E-state index contributed by atoms with van der Waals surface area (Å²) in [6.45, 7) is 2.10. The maximum atomic E-state index is 13.6. The number of ether oxygens (including phenoxy) is 2. The van der Waals surface area contributed by atoms with Crippen molar-refractivity contribution < 1.29 is 14.3 Å². The topological polar surface area (TPSA) is 90.3 Å². The normalized spacial score (nSPS) is 14.5. The fraction of sp³-hybridized carbons (Fsp3) is 0.148. The summed E-state index contributed by atoms with van der Waals surface area (Å²) in [6.07, 6.45) is 1.45. The number of halogens is 2. The predicted octanol–water partition coefficient (Wildman–Crippen LogP) is 6.10. The van der Waals surface area contributed by atoms with Crippen LogP contribution in [0.3, 0.4) is 0 Å². The molecule has 0 bridgehead atoms. The van der Waals surface area contributed by atoms with E-state index in [4.69, 9.17) is 32.7 Å². The Labute approximate surface area is 223 Å². The van der Waals surface area contributed by atoms with Crippen molar-refractivity contribution in [3.8, 4) is 11.5 Å². The monoisotopic (exact) mass is 535 g/mol. The molecule has 0 aliphatic carbocycles. The number of amides is 1. The number of hydrogen-bond acceptors (Lipinski definition) is 6. The van der Waals surface area contributed by atoms with Crippen molar-refractivity contribution in [3.63, 3.8) is 0 Å². The number of aromatic nitrogens is 3. The molecular formula is C27H23Cl2N5O3. The Morgan fingerprint density at radius 1 is 1.11 bits per heavy atom. The van der Waals surface area contributed by atoms with Crippen LogP contribution in [0.15, 0.2) is 84.3 Å². The Bertz CT molecular complexity index is 1500. The van der Waals surface area contributed by atoms with Crippen molar-refractivity contribution in [2.24, 2.45) is 0 Å². The van der Waals surface area contributed by atoms with Crippen LogP contribution in [0.2, 0.25) is 10.0 Å². The molecule has 188 valence electrons. The number of anilines is 2. The summed E-state index contributed by atoms with van der Waals surface area (Å²) in [5.74, 6) is 1.42. The molecule has 2 N–H and O–H groups in total. The van der Waals surface area contributed by atoms with Gasteiger partial charge in [0.05, 0.1) is 18.4 Å². The maximum absolute atomic E-state index is 13.6. The highest BCUT2D eigenvalue weighted by Crippen LogP contribution is 2.37. The number of nitrogens with one attached hydrogen (secondary N) is 2. The molecule has 2 heterocycles. The molecule has 1 atom stereocenters. The third kappa shape index (κ3) is 5.12. The number of rotatable bonds is 7. The van der Waals surface area contributed by atoms with Gasteiger partial charge in [-0.1, -0.05) is 53.5 Å². The molecular weight excluding hydrogens is 513 g/mol. The zero-order chi connectivity index (χ0) is 25.9. The molecule has 1 amide bonds. The second-order valence-electron chi connectivity index (χ2n) is 8.35. The van der Waals surface area contributed by atoms with E-state index in [2.05, 4.69) is 20.7 Å². The Morgan fingerprint density at radius 3 is 2.76 bits per heavy atom. The summed E-state index contributed by atoms with van der Waals surface area (Å²) >= 11 is 12.3. The van der Waals surface area contributed by atoms with E-state index < -0.39 is 6.04 Å². The van der Waals surface area contributed by atoms with Crippen molar-refractivity contribution in [3.05, 3.63) is 105 Å². The summed E-state index contributed by atoms with van der Waals surface area (Å²) in [4.78, 5) is 17.9. The van der Waals surface area contributed by atoms with Crippen molar-refractivity contribution in [1.82, 2.24) is 14.8 Å². The van der Waals surface area contributed by atoms with Crippen LogP contribution in [0.25, 0.3) is 0 Å². The largest absolute Gasteiger partial charge is 0.495 e. The second-order valence-corrected chi connectivity index (χ2v) is 9.19. The van der Waals surface area contributed by atoms with E-state index in [1.54, 1.807) is 36.1 Å². The predicted molar refractivity (Wildman–Crippen MR) is 143 cm³/mol. The lowest BCUT2D eigenvalue weighted by molar-refractivity contribution is -0.113. The van der Waals surface area contributed by atoms with Gasteiger partial charge in [-0.05, 0) is 48.9 Å². The molecule has 0 radical (unpaired) electrons. The molecule has 1 aliphatic rings. The van der Waals surface area contributed by atoms with Crippen LogP contribution in [-0.2, 0) is 11.4 Å². The van der Waals surface area contributed by atoms with Gasteiger partial charge in [-0.3, -0.25) is 4.79 Å². The molecule has 1 unspecified atom stereocenters. The fourth-order valence-corrected chi connectivity index (χ4v) is 4.67. The molecule has 0 fully saturated rings. The van der Waals surface area contributed by atoms with E-state index in [1.165, 1.54) is 6.33 Å². The quantitative estimate of drug-likeness (QED) is 0.297. The number of allylic oxidation sites excluding steroid dienone is 1. The number of hydrogen-bond donors (Lipinski definition) is 2. The van der Waals surface area contributed by atoms with Crippen LogP contribution in [0.1, 0.15) is 24.1 Å². The van der Waals surface area contributed by atoms with E-state index in [9.17, 15) is 4.79 Å². The molecule has 10 heteroatoms. The van der Waals surface area contributed by atoms with E-state index in [0.717, 1.165) is 11.1 Å². The Balaban J connectivity index is 1.46. The van der Waals surface area contributed by atoms with E-state index in [-0.39, 0.29) is 12.5 Å². The summed E-state index contributed by atoms with van der Waals surface area (Å²) in [5, 5.41) is 11.6. The van der Waals surface area contributed by atoms with Crippen LogP contribution < -0.4 is 20.1 Å². The first-order valence-electron chi connectivity index (χ1n) is 11.4. The van der Waals surface area contributed by atoms with Gasteiger partial charge in [-0.15, -0.1) is 0 Å². The summed E-state index contributed by atoms with van der Waals surface area (Å²) < 4.78 is 13.1. The number of nitrogens with zero attached hydrogens (tertiary/aromatic N) is 3. The van der Waals surface area contributed by atoms with Gasteiger partial charge >= 0.3 is 0 Å². The van der Waals surface area contributed by atoms with Crippen LogP contribution >= 0.6 is 23.2 Å². The van der Waals surface area contributed by atoms with Crippen molar-refractivity contribution in [2.45, 2.75) is 19.6 Å². The Morgan fingerprint density at radius 2 is 1.95 bits per heavy atom. The highest BCUT2D eigenvalue weighted by molar-refractivity contribution is 6.35. The molecule has 0 spiro atoms. The molecule has 1 aromatic heterocycles. The minimum absolute atomic E-state index is 0.260. The first kappa shape index (κ1) is 24.7. The zero-order valence-corrected chi connectivity index (χ0v) is 21.5. The second kappa shape index (κ2) is 10.5. The molecule has 1 aliphatic heterocycles. The zero-order valence-electron chi connectivity index (χ0n) is 20.0. The molecule has 37 heavy (non-hydrogen) atoms. The number of carbonyl (C=O) groups is 1. The van der Waals surface area contributed by atoms with Gasteiger partial charge in [0, 0.05) is 21.3 Å². The highest BCUT2D eigenvalue weighted by atomic mass is 35.5. The third-order valence-corrected chi connectivity index (χ3v) is 6.56. The SMILES string of the molecule is COc1ccccc1NC(=O)C1=C(C)Nc2ncnn2C1c1cccc(OCc2ccc(Cl)cc2Cl)c1. The third-order valence-electron chi connectivity index (χ3n) is 5.98. The average Bonchev–Trinajstić information content (AvgIpc) is 3.36. The van der Waals surface area contributed by atoms with Gasteiger partial charge < -0.3 is 20.1 Å². The van der Waals surface area contributed by atoms with Crippen LogP contribution in [0.4, 0.5) is 11.6 Å². The number of methoxy groups -OCH3 is 1. The molecule has 0 saturated carbocycles. The van der Waals surface area contributed by atoms with Gasteiger partial charge in [0.25, 0.3) is 5.91 Å². The first-order valence-corrected chi connectivity index (χ1v) is 12.2. The fourth-order valence-electron chi connectivity index (χ4n) is 4.21. The molecule has 3 aromatic carbocycles. The molecule has 4 aromatic rings. The highest BCUT2D eigenvalue weighted by Gasteiger charge is 2.34. The van der Waals surface area contributed by atoms with Crippen molar-refractivity contribution in [2.75, 3.05) is 17.7 Å². The van der Waals surface area contributed by atoms with Crippen LogP contribution in [-0.4, -0.2) is 27.8 Å². The minimum Gasteiger partial charge on any atom is -0.495 e. The summed E-state index contributed by atoms with van der Waals surface area (Å²) in [7, 11) is 1.56. The Kier molecular flexibility index (Phi) is 7.03. The molecule has 5 rings (SSSR count). The van der Waals surface area contributed by atoms with Gasteiger partial charge in [-0.25, -0.2) is 4.68 Å². The maximum Gasteiger partial charge on any atom is 0.255 e. The number of fused-ring (bicyclic) bond motifs is 1. The van der Waals surface area contributed by atoms with E-state index >= 15 is 0 Å². The lowest BCUT2D eigenvalue weighted by Gasteiger charge is -2.29. The van der Waals surface area contributed by atoms with Gasteiger partial charge in [0.1, 0.15) is 30.5 Å². The standard InChI is InChI=1S/C27H23Cl2N5O3/c1-16-24(26(35)33-22-8-3-4-9-23(22)36-2)25(34-27(32-16)30-15-31-34)17-6-5-7-20(12-17)37-14-18-10-11-19(28)13-21(18)29/h3-13,15,25H,14H2,1-2H3,(H,33,35)(H,30,31,32). The van der Waals surface area contributed by atoms with E-state index in [0.29, 0.717) is 44.5 Å². The molecule has 8 nitrogen and oxygen atoms in total.